The molecule has 1 aromatic rings. The zero-order chi connectivity index (χ0) is 13.4. The molecule has 1 atom stereocenters. The van der Waals surface area contributed by atoms with E-state index >= 15 is 0 Å². The number of rotatable bonds is 8. The molecule has 1 heterocycles. The summed E-state index contributed by atoms with van der Waals surface area (Å²) in [5.74, 6) is 0.0781. The van der Waals surface area contributed by atoms with E-state index in [1.165, 1.54) is 0 Å². The number of aromatic nitrogens is 2. The van der Waals surface area contributed by atoms with E-state index in [0.29, 0.717) is 0 Å². The molecule has 1 aromatic heterocycles. The zero-order valence-electron chi connectivity index (χ0n) is 11.5. The van der Waals surface area contributed by atoms with E-state index in [1.54, 1.807) is 12.5 Å². The molecule has 0 saturated heterocycles. The van der Waals surface area contributed by atoms with Gasteiger partial charge in [-0.2, -0.15) is 0 Å². The smallest absolute Gasteiger partial charge is 0.237 e. The lowest BCUT2D eigenvalue weighted by molar-refractivity contribution is -0.123. The van der Waals surface area contributed by atoms with E-state index in [4.69, 9.17) is 0 Å². The number of nitrogens with zero attached hydrogens (tertiary/aromatic N) is 2. The van der Waals surface area contributed by atoms with Crippen molar-refractivity contribution in [2.45, 2.75) is 52.2 Å². The molecule has 0 bridgehead atoms. The van der Waals surface area contributed by atoms with Crippen molar-refractivity contribution in [3.8, 4) is 0 Å². The van der Waals surface area contributed by atoms with Crippen LogP contribution in [0.1, 0.15) is 33.6 Å². The van der Waals surface area contributed by atoms with E-state index in [1.807, 2.05) is 17.7 Å². The molecule has 5 nitrogen and oxygen atoms in total. The van der Waals surface area contributed by atoms with Gasteiger partial charge in [-0.25, -0.2) is 4.98 Å². The molecular weight excluding hydrogens is 228 g/mol. The van der Waals surface area contributed by atoms with Gasteiger partial charge >= 0.3 is 0 Å². The summed E-state index contributed by atoms with van der Waals surface area (Å²) < 4.78 is 1.98. The minimum atomic E-state index is -0.158. The van der Waals surface area contributed by atoms with Gasteiger partial charge in [-0.3, -0.25) is 4.79 Å². The van der Waals surface area contributed by atoms with Gasteiger partial charge in [0.25, 0.3) is 0 Å². The highest BCUT2D eigenvalue weighted by molar-refractivity contribution is 5.81. The van der Waals surface area contributed by atoms with Crippen molar-refractivity contribution in [1.29, 1.82) is 0 Å². The Balaban J connectivity index is 2.23. The van der Waals surface area contributed by atoms with Crippen LogP contribution in [0.25, 0.3) is 0 Å². The van der Waals surface area contributed by atoms with Crippen LogP contribution in [-0.4, -0.2) is 34.1 Å². The SMILES string of the molecule is CCC(CC)NC(=O)C(C)NCCn1ccnc1. The highest BCUT2D eigenvalue weighted by Gasteiger charge is 2.14. The third-order valence-electron chi connectivity index (χ3n) is 3.10. The first kappa shape index (κ1) is 14.7. The van der Waals surface area contributed by atoms with Crippen LogP contribution in [0.3, 0.4) is 0 Å². The maximum absolute atomic E-state index is 11.9. The second-order valence-corrected chi connectivity index (χ2v) is 4.50. The lowest BCUT2D eigenvalue weighted by Gasteiger charge is -2.19. The quantitative estimate of drug-likeness (QED) is 0.730. The standard InChI is InChI=1S/C13H24N4O/c1-4-12(5-2)16-13(18)11(3)15-7-9-17-8-6-14-10-17/h6,8,10-12,15H,4-5,7,9H2,1-3H3,(H,16,18). The fourth-order valence-corrected chi connectivity index (χ4v) is 1.74. The number of hydrogen-bond donors (Lipinski definition) is 2. The van der Waals surface area contributed by atoms with Crippen molar-refractivity contribution >= 4 is 5.91 Å². The largest absolute Gasteiger partial charge is 0.352 e. The average Bonchev–Trinajstić information content (AvgIpc) is 2.88. The van der Waals surface area contributed by atoms with Crippen molar-refractivity contribution in [3.05, 3.63) is 18.7 Å². The number of carbonyl (C=O) groups is 1. The summed E-state index contributed by atoms with van der Waals surface area (Å²) >= 11 is 0. The molecule has 0 spiro atoms. The predicted molar refractivity (Wildman–Crippen MR) is 72.2 cm³/mol. The lowest BCUT2D eigenvalue weighted by atomic mass is 10.1. The highest BCUT2D eigenvalue weighted by atomic mass is 16.2. The van der Waals surface area contributed by atoms with Gasteiger partial charge in [-0.1, -0.05) is 13.8 Å². The third kappa shape index (κ3) is 4.87. The van der Waals surface area contributed by atoms with E-state index in [9.17, 15) is 4.79 Å². The molecule has 0 fully saturated rings. The number of imidazole rings is 1. The van der Waals surface area contributed by atoms with E-state index in [0.717, 1.165) is 25.9 Å². The van der Waals surface area contributed by atoms with Crippen molar-refractivity contribution in [2.75, 3.05) is 6.54 Å². The number of carbonyl (C=O) groups excluding carboxylic acids is 1. The first-order chi connectivity index (χ1) is 8.67. The molecule has 5 heteroatoms. The van der Waals surface area contributed by atoms with Crippen LogP contribution in [-0.2, 0) is 11.3 Å². The Labute approximate surface area is 109 Å². The van der Waals surface area contributed by atoms with Crippen LogP contribution in [0, 0.1) is 0 Å². The Morgan fingerprint density at radius 2 is 2.11 bits per heavy atom. The molecule has 0 aromatic carbocycles. The molecule has 0 aliphatic heterocycles. The highest BCUT2D eigenvalue weighted by Crippen LogP contribution is 1.97. The Bertz CT molecular complexity index is 333. The second kappa shape index (κ2) is 7.87. The molecule has 1 amide bonds. The predicted octanol–water partition coefficient (Wildman–Crippen LogP) is 1.17. The van der Waals surface area contributed by atoms with Crippen LogP contribution in [0.2, 0.25) is 0 Å². The van der Waals surface area contributed by atoms with Crippen LogP contribution < -0.4 is 10.6 Å². The van der Waals surface area contributed by atoms with Gasteiger partial charge in [0.2, 0.25) is 5.91 Å². The monoisotopic (exact) mass is 252 g/mol. The van der Waals surface area contributed by atoms with Gasteiger partial charge < -0.3 is 15.2 Å². The first-order valence-electron chi connectivity index (χ1n) is 6.66. The van der Waals surface area contributed by atoms with Crippen LogP contribution in [0.15, 0.2) is 18.7 Å². The zero-order valence-corrected chi connectivity index (χ0v) is 11.5. The van der Waals surface area contributed by atoms with Crippen LogP contribution in [0.5, 0.6) is 0 Å². The average molecular weight is 252 g/mol. The maximum atomic E-state index is 11.9. The summed E-state index contributed by atoms with van der Waals surface area (Å²) in [6, 6.07) is 0.129. The van der Waals surface area contributed by atoms with Crippen molar-refractivity contribution in [3.63, 3.8) is 0 Å². The van der Waals surface area contributed by atoms with Gasteiger partial charge in [0.05, 0.1) is 12.4 Å². The van der Waals surface area contributed by atoms with E-state index in [2.05, 4.69) is 29.5 Å². The van der Waals surface area contributed by atoms with E-state index < -0.39 is 0 Å². The Morgan fingerprint density at radius 3 is 2.67 bits per heavy atom. The molecule has 0 saturated carbocycles. The van der Waals surface area contributed by atoms with Gasteiger partial charge in [-0.05, 0) is 19.8 Å². The van der Waals surface area contributed by atoms with Crippen molar-refractivity contribution in [1.82, 2.24) is 20.2 Å². The summed E-state index contributed by atoms with van der Waals surface area (Å²) in [5, 5.41) is 6.25. The van der Waals surface area contributed by atoms with Crippen LogP contribution >= 0.6 is 0 Å². The summed E-state index contributed by atoms with van der Waals surface area (Å²) in [6.45, 7) is 7.65. The number of hydrogen-bond acceptors (Lipinski definition) is 3. The molecule has 0 aliphatic carbocycles. The second-order valence-electron chi connectivity index (χ2n) is 4.50. The van der Waals surface area contributed by atoms with Gasteiger partial charge in [0, 0.05) is 31.5 Å². The van der Waals surface area contributed by atoms with Crippen molar-refractivity contribution < 1.29 is 4.79 Å². The first-order valence-corrected chi connectivity index (χ1v) is 6.66. The van der Waals surface area contributed by atoms with Gasteiger partial charge in [0.1, 0.15) is 0 Å². The van der Waals surface area contributed by atoms with Gasteiger partial charge in [0.15, 0.2) is 0 Å². The Morgan fingerprint density at radius 1 is 1.39 bits per heavy atom. The molecule has 0 radical (unpaired) electrons. The van der Waals surface area contributed by atoms with Crippen LogP contribution in [0.4, 0.5) is 0 Å². The molecule has 1 unspecified atom stereocenters. The Kier molecular flexibility index (Phi) is 6.43. The van der Waals surface area contributed by atoms with Crippen molar-refractivity contribution in [2.24, 2.45) is 0 Å². The third-order valence-corrected chi connectivity index (χ3v) is 3.10. The topological polar surface area (TPSA) is 59.0 Å². The normalized spacial score (nSPS) is 12.7. The summed E-state index contributed by atoms with van der Waals surface area (Å²) in [5.41, 5.74) is 0. The summed E-state index contributed by atoms with van der Waals surface area (Å²) in [7, 11) is 0. The molecule has 18 heavy (non-hydrogen) atoms. The minimum absolute atomic E-state index is 0.0781. The fourth-order valence-electron chi connectivity index (χ4n) is 1.74. The lowest BCUT2D eigenvalue weighted by Crippen LogP contribution is -2.46. The molecular formula is C13H24N4O. The van der Waals surface area contributed by atoms with E-state index in [-0.39, 0.29) is 18.0 Å². The maximum Gasteiger partial charge on any atom is 0.237 e. The minimum Gasteiger partial charge on any atom is -0.352 e. The Hall–Kier alpha value is -1.36. The number of nitrogens with one attached hydrogen (secondary N) is 2. The molecule has 102 valence electrons. The number of amides is 1. The molecule has 0 aliphatic rings. The molecule has 2 N–H and O–H groups in total. The fraction of sp³-hybridized carbons (Fsp3) is 0.692. The molecule has 1 rings (SSSR count). The van der Waals surface area contributed by atoms with Gasteiger partial charge in [-0.15, -0.1) is 0 Å². The summed E-state index contributed by atoms with van der Waals surface area (Å²) in [6.07, 6.45) is 7.39. The summed E-state index contributed by atoms with van der Waals surface area (Å²) in [4.78, 5) is 15.8.